The summed E-state index contributed by atoms with van der Waals surface area (Å²) in [6.45, 7) is 6.06. The van der Waals surface area contributed by atoms with Crippen molar-refractivity contribution in [1.82, 2.24) is 9.62 Å². The van der Waals surface area contributed by atoms with Crippen LogP contribution < -0.4 is 10.6 Å². The quantitative estimate of drug-likeness (QED) is 0.716. The van der Waals surface area contributed by atoms with Gasteiger partial charge in [0.05, 0.1) is 11.4 Å². The molecule has 2 N–H and O–H groups in total. The molecule has 0 spiro atoms. The van der Waals surface area contributed by atoms with E-state index in [1.807, 2.05) is 39.0 Å². The fourth-order valence-corrected chi connectivity index (χ4v) is 5.50. The van der Waals surface area contributed by atoms with E-state index >= 15 is 0 Å². The van der Waals surface area contributed by atoms with Crippen LogP contribution >= 0.6 is 0 Å². The summed E-state index contributed by atoms with van der Waals surface area (Å²) in [7, 11) is -3.58. The number of rotatable bonds is 6. The van der Waals surface area contributed by atoms with Crippen molar-refractivity contribution in [2.75, 3.05) is 18.4 Å². The molecule has 0 saturated carbocycles. The second kappa shape index (κ2) is 9.62. The fraction of sp³-hybridized carbons (Fsp3) is 0.391. The average Bonchev–Trinajstić information content (AvgIpc) is 2.75. The molecular formula is C23H29N3O4S. The minimum atomic E-state index is -3.58. The van der Waals surface area contributed by atoms with Crippen LogP contribution in [-0.4, -0.2) is 43.7 Å². The number of carbonyl (C=O) groups is 2. The summed E-state index contributed by atoms with van der Waals surface area (Å²) >= 11 is 0. The number of aryl methyl sites for hydroxylation is 2. The van der Waals surface area contributed by atoms with Gasteiger partial charge >= 0.3 is 0 Å². The molecule has 1 fully saturated rings. The van der Waals surface area contributed by atoms with Gasteiger partial charge in [0.2, 0.25) is 15.9 Å². The number of nitrogens with zero attached hydrogens (tertiary/aromatic N) is 1. The molecule has 1 aliphatic heterocycles. The van der Waals surface area contributed by atoms with E-state index in [1.54, 1.807) is 0 Å². The summed E-state index contributed by atoms with van der Waals surface area (Å²) in [6, 6.07) is 11.5. The first-order chi connectivity index (χ1) is 14.7. The van der Waals surface area contributed by atoms with Gasteiger partial charge in [-0.25, -0.2) is 8.42 Å². The zero-order valence-corrected chi connectivity index (χ0v) is 19.0. The van der Waals surface area contributed by atoms with Crippen molar-refractivity contribution in [3.63, 3.8) is 0 Å². The van der Waals surface area contributed by atoms with Crippen LogP contribution in [0, 0.1) is 13.8 Å². The number of anilines is 1. The van der Waals surface area contributed by atoms with Gasteiger partial charge in [-0.15, -0.1) is 0 Å². The van der Waals surface area contributed by atoms with Crippen molar-refractivity contribution in [3.8, 4) is 0 Å². The summed E-state index contributed by atoms with van der Waals surface area (Å²) in [5.74, 6) is -0.768. The van der Waals surface area contributed by atoms with E-state index in [-0.39, 0.29) is 23.4 Å². The number of benzene rings is 2. The SMILES string of the molecule is Cc1cccc(C)c1NC(=O)CNC(=O)c1ccc(S(=O)(=O)N2CCCCC2C)cc1. The van der Waals surface area contributed by atoms with Crippen molar-refractivity contribution < 1.29 is 18.0 Å². The number of hydrogen-bond acceptors (Lipinski definition) is 4. The number of para-hydroxylation sites is 1. The van der Waals surface area contributed by atoms with E-state index in [2.05, 4.69) is 10.6 Å². The van der Waals surface area contributed by atoms with Gasteiger partial charge in [-0.1, -0.05) is 24.6 Å². The molecule has 7 nitrogen and oxygen atoms in total. The molecule has 1 atom stereocenters. The highest BCUT2D eigenvalue weighted by Crippen LogP contribution is 2.25. The van der Waals surface area contributed by atoms with Crippen molar-refractivity contribution in [3.05, 3.63) is 59.2 Å². The molecule has 8 heteroatoms. The van der Waals surface area contributed by atoms with Crippen molar-refractivity contribution in [2.45, 2.75) is 51.0 Å². The molecule has 2 amide bonds. The molecule has 1 aliphatic rings. The molecule has 1 unspecified atom stereocenters. The molecule has 1 heterocycles. The van der Waals surface area contributed by atoms with Crippen LogP contribution in [0.5, 0.6) is 0 Å². The summed E-state index contributed by atoms with van der Waals surface area (Å²) in [4.78, 5) is 24.8. The van der Waals surface area contributed by atoms with Gasteiger partial charge in [-0.2, -0.15) is 4.31 Å². The molecule has 0 radical (unpaired) electrons. The van der Waals surface area contributed by atoms with Crippen molar-refractivity contribution >= 4 is 27.5 Å². The number of nitrogens with one attached hydrogen (secondary N) is 2. The normalized spacial score (nSPS) is 17.2. The minimum Gasteiger partial charge on any atom is -0.343 e. The zero-order valence-electron chi connectivity index (χ0n) is 18.1. The Hall–Kier alpha value is -2.71. The monoisotopic (exact) mass is 443 g/mol. The highest BCUT2D eigenvalue weighted by molar-refractivity contribution is 7.89. The third-order valence-electron chi connectivity index (χ3n) is 5.62. The molecule has 3 rings (SSSR count). The Morgan fingerprint density at radius 3 is 2.29 bits per heavy atom. The lowest BCUT2D eigenvalue weighted by atomic mass is 10.1. The van der Waals surface area contributed by atoms with Gasteiger partial charge in [0.15, 0.2) is 0 Å². The van der Waals surface area contributed by atoms with Crippen LogP contribution in [0.3, 0.4) is 0 Å². The first-order valence-corrected chi connectivity index (χ1v) is 11.9. The Bertz CT molecular complexity index is 1040. The van der Waals surface area contributed by atoms with Gasteiger partial charge in [-0.3, -0.25) is 9.59 Å². The highest BCUT2D eigenvalue weighted by Gasteiger charge is 2.30. The predicted molar refractivity (Wildman–Crippen MR) is 121 cm³/mol. The van der Waals surface area contributed by atoms with Gasteiger partial charge in [0.25, 0.3) is 5.91 Å². The average molecular weight is 444 g/mol. The minimum absolute atomic E-state index is 0.0304. The van der Waals surface area contributed by atoms with Gasteiger partial charge in [0.1, 0.15) is 0 Å². The number of hydrogen-bond donors (Lipinski definition) is 2. The Balaban J connectivity index is 1.61. The fourth-order valence-electron chi connectivity index (χ4n) is 3.80. The molecule has 0 aromatic heterocycles. The smallest absolute Gasteiger partial charge is 0.251 e. The number of carbonyl (C=O) groups excluding carboxylic acids is 2. The molecule has 1 saturated heterocycles. The van der Waals surface area contributed by atoms with Crippen LogP contribution in [0.4, 0.5) is 5.69 Å². The van der Waals surface area contributed by atoms with E-state index < -0.39 is 15.9 Å². The number of amides is 2. The van der Waals surface area contributed by atoms with E-state index in [0.29, 0.717) is 12.1 Å². The van der Waals surface area contributed by atoms with Gasteiger partial charge in [0, 0.05) is 23.8 Å². The van der Waals surface area contributed by atoms with Crippen LogP contribution in [0.15, 0.2) is 47.4 Å². The standard InChI is InChI=1S/C23H29N3O4S/c1-16-7-6-8-17(2)22(16)25-21(27)15-24-23(28)19-10-12-20(13-11-19)31(29,30)26-14-5-4-9-18(26)3/h6-8,10-13,18H,4-5,9,14-15H2,1-3H3,(H,24,28)(H,25,27). The zero-order chi connectivity index (χ0) is 22.6. The number of sulfonamides is 1. The summed E-state index contributed by atoms with van der Waals surface area (Å²) in [5.41, 5.74) is 2.92. The first-order valence-electron chi connectivity index (χ1n) is 10.5. The lowest BCUT2D eigenvalue weighted by molar-refractivity contribution is -0.115. The number of piperidine rings is 1. The third-order valence-corrected chi connectivity index (χ3v) is 7.65. The molecular weight excluding hydrogens is 414 g/mol. The summed E-state index contributed by atoms with van der Waals surface area (Å²) < 4.78 is 27.3. The van der Waals surface area contributed by atoms with Crippen molar-refractivity contribution in [2.24, 2.45) is 0 Å². The topological polar surface area (TPSA) is 95.6 Å². The van der Waals surface area contributed by atoms with E-state index in [9.17, 15) is 18.0 Å². The third kappa shape index (κ3) is 5.32. The Kier molecular flexibility index (Phi) is 7.12. The second-order valence-corrected chi connectivity index (χ2v) is 9.87. The molecule has 0 aliphatic carbocycles. The summed E-state index contributed by atoms with van der Waals surface area (Å²) in [5, 5.41) is 5.39. The second-order valence-electron chi connectivity index (χ2n) is 7.98. The maximum absolute atomic E-state index is 12.9. The first kappa shape index (κ1) is 23.0. The predicted octanol–water partition coefficient (Wildman–Crippen LogP) is 3.24. The van der Waals surface area contributed by atoms with E-state index in [1.165, 1.54) is 28.6 Å². The van der Waals surface area contributed by atoms with Crippen LogP contribution in [0.25, 0.3) is 0 Å². The highest BCUT2D eigenvalue weighted by atomic mass is 32.2. The Morgan fingerprint density at radius 1 is 1.03 bits per heavy atom. The molecule has 166 valence electrons. The van der Waals surface area contributed by atoms with Gasteiger partial charge < -0.3 is 10.6 Å². The van der Waals surface area contributed by atoms with Gasteiger partial charge in [-0.05, 0) is 69.0 Å². The van der Waals surface area contributed by atoms with E-state index in [0.717, 1.165) is 36.1 Å². The molecule has 2 aromatic rings. The lowest BCUT2D eigenvalue weighted by Gasteiger charge is -2.32. The molecule has 0 bridgehead atoms. The Morgan fingerprint density at radius 2 is 1.68 bits per heavy atom. The van der Waals surface area contributed by atoms with Crippen LogP contribution in [-0.2, 0) is 14.8 Å². The lowest BCUT2D eigenvalue weighted by Crippen LogP contribution is -2.41. The van der Waals surface area contributed by atoms with Crippen molar-refractivity contribution in [1.29, 1.82) is 0 Å². The van der Waals surface area contributed by atoms with E-state index in [4.69, 9.17) is 0 Å². The maximum atomic E-state index is 12.9. The molecule has 2 aromatic carbocycles. The summed E-state index contributed by atoms with van der Waals surface area (Å²) in [6.07, 6.45) is 2.74. The molecule has 31 heavy (non-hydrogen) atoms. The Labute approximate surface area is 183 Å². The van der Waals surface area contributed by atoms with Crippen LogP contribution in [0.1, 0.15) is 47.7 Å². The maximum Gasteiger partial charge on any atom is 0.251 e. The van der Waals surface area contributed by atoms with Crippen LogP contribution in [0.2, 0.25) is 0 Å². The largest absolute Gasteiger partial charge is 0.343 e.